The van der Waals surface area contributed by atoms with Gasteiger partial charge in [-0.05, 0) is 24.6 Å². The molecular weight excluding hydrogens is 190 g/mol. The number of aromatic nitrogens is 1. The standard InChI is InChI=1S/C11H11N3O/c1-7-2-3-9-8(6-7)14-11(15-9)10-12-4-5-13-10/h2-3,6H,4-5H2,1H3,(H,12,13). The van der Waals surface area contributed by atoms with Crippen molar-refractivity contribution in [1.29, 1.82) is 0 Å². The third-order valence-corrected chi connectivity index (χ3v) is 2.42. The molecule has 0 bridgehead atoms. The smallest absolute Gasteiger partial charge is 0.263 e. The second-order valence-electron chi connectivity index (χ2n) is 3.65. The van der Waals surface area contributed by atoms with E-state index in [-0.39, 0.29) is 0 Å². The zero-order valence-corrected chi connectivity index (χ0v) is 8.45. The van der Waals surface area contributed by atoms with Crippen LogP contribution >= 0.6 is 0 Å². The number of oxazole rings is 1. The van der Waals surface area contributed by atoms with Crippen molar-refractivity contribution < 1.29 is 4.42 Å². The molecule has 15 heavy (non-hydrogen) atoms. The van der Waals surface area contributed by atoms with E-state index in [0.717, 1.165) is 30.0 Å². The minimum absolute atomic E-state index is 0.591. The molecule has 0 spiro atoms. The molecule has 4 heteroatoms. The number of fused-ring (bicyclic) bond motifs is 1. The van der Waals surface area contributed by atoms with Gasteiger partial charge in [-0.25, -0.2) is 4.98 Å². The monoisotopic (exact) mass is 201 g/mol. The van der Waals surface area contributed by atoms with E-state index in [2.05, 4.69) is 15.3 Å². The van der Waals surface area contributed by atoms with E-state index in [1.165, 1.54) is 5.56 Å². The number of hydrogen-bond acceptors (Lipinski definition) is 4. The van der Waals surface area contributed by atoms with Crippen molar-refractivity contribution in [2.24, 2.45) is 4.99 Å². The normalized spacial score (nSPS) is 15.4. The molecule has 0 saturated heterocycles. The summed E-state index contributed by atoms with van der Waals surface area (Å²) in [6, 6.07) is 5.97. The first-order valence-corrected chi connectivity index (χ1v) is 4.99. The van der Waals surface area contributed by atoms with E-state index in [9.17, 15) is 0 Å². The summed E-state index contributed by atoms with van der Waals surface area (Å²) in [6.07, 6.45) is 0. The summed E-state index contributed by atoms with van der Waals surface area (Å²) in [5.74, 6) is 1.36. The van der Waals surface area contributed by atoms with Crippen LogP contribution in [0.15, 0.2) is 27.6 Å². The summed E-state index contributed by atoms with van der Waals surface area (Å²) in [5, 5.41) is 3.14. The van der Waals surface area contributed by atoms with Crippen LogP contribution in [0, 0.1) is 6.92 Å². The highest BCUT2D eigenvalue weighted by atomic mass is 16.3. The molecule has 1 aliphatic rings. The Morgan fingerprint density at radius 3 is 3.13 bits per heavy atom. The zero-order valence-electron chi connectivity index (χ0n) is 8.45. The number of nitrogens with zero attached hydrogens (tertiary/aromatic N) is 2. The maximum Gasteiger partial charge on any atom is 0.263 e. The molecule has 76 valence electrons. The Labute approximate surface area is 87.0 Å². The quantitative estimate of drug-likeness (QED) is 0.760. The number of hydrogen-bond donors (Lipinski definition) is 1. The van der Waals surface area contributed by atoms with Crippen molar-refractivity contribution >= 4 is 16.9 Å². The van der Waals surface area contributed by atoms with Crippen molar-refractivity contribution in [2.75, 3.05) is 13.1 Å². The second kappa shape index (κ2) is 3.08. The topological polar surface area (TPSA) is 50.4 Å². The van der Waals surface area contributed by atoms with Crippen molar-refractivity contribution in [2.45, 2.75) is 6.92 Å². The molecule has 2 heterocycles. The predicted molar refractivity (Wildman–Crippen MR) is 58.2 cm³/mol. The maximum absolute atomic E-state index is 5.60. The van der Waals surface area contributed by atoms with Gasteiger partial charge in [-0.3, -0.25) is 4.99 Å². The molecule has 1 aliphatic heterocycles. The minimum Gasteiger partial charge on any atom is -0.434 e. The highest BCUT2D eigenvalue weighted by molar-refractivity contribution is 5.97. The van der Waals surface area contributed by atoms with E-state index >= 15 is 0 Å². The van der Waals surface area contributed by atoms with Gasteiger partial charge in [0, 0.05) is 6.54 Å². The van der Waals surface area contributed by atoms with E-state index in [0.29, 0.717) is 5.89 Å². The molecule has 0 aliphatic carbocycles. The van der Waals surface area contributed by atoms with Crippen LogP contribution in [-0.2, 0) is 0 Å². The Bertz CT molecular complexity index is 542. The average molecular weight is 201 g/mol. The predicted octanol–water partition coefficient (Wildman–Crippen LogP) is 1.49. The van der Waals surface area contributed by atoms with Gasteiger partial charge >= 0.3 is 0 Å². The van der Waals surface area contributed by atoms with Crippen LogP contribution in [0.2, 0.25) is 0 Å². The molecule has 0 unspecified atom stereocenters. The van der Waals surface area contributed by atoms with E-state index in [1.54, 1.807) is 0 Å². The van der Waals surface area contributed by atoms with Gasteiger partial charge in [0.15, 0.2) is 11.4 Å². The van der Waals surface area contributed by atoms with Crippen LogP contribution in [0.4, 0.5) is 0 Å². The summed E-state index contributed by atoms with van der Waals surface area (Å²) in [5.41, 5.74) is 2.89. The number of benzene rings is 1. The van der Waals surface area contributed by atoms with Gasteiger partial charge in [-0.1, -0.05) is 6.07 Å². The summed E-state index contributed by atoms with van der Waals surface area (Å²) in [7, 11) is 0. The van der Waals surface area contributed by atoms with Gasteiger partial charge in [0.2, 0.25) is 0 Å². The van der Waals surface area contributed by atoms with Gasteiger partial charge < -0.3 is 9.73 Å². The van der Waals surface area contributed by atoms with E-state index in [1.807, 2.05) is 25.1 Å². The lowest BCUT2D eigenvalue weighted by Gasteiger charge is -1.92. The van der Waals surface area contributed by atoms with Gasteiger partial charge in [-0.15, -0.1) is 0 Å². The molecule has 0 radical (unpaired) electrons. The molecule has 0 saturated carbocycles. The fourth-order valence-corrected chi connectivity index (χ4v) is 1.68. The molecule has 3 rings (SSSR count). The minimum atomic E-state index is 0.591. The highest BCUT2D eigenvalue weighted by Gasteiger charge is 2.14. The Balaban J connectivity index is 2.13. The van der Waals surface area contributed by atoms with E-state index in [4.69, 9.17) is 4.42 Å². The lowest BCUT2D eigenvalue weighted by molar-refractivity contribution is 0.587. The molecule has 4 nitrogen and oxygen atoms in total. The summed E-state index contributed by atoms with van der Waals surface area (Å²) in [6.45, 7) is 3.71. The summed E-state index contributed by atoms with van der Waals surface area (Å²) >= 11 is 0. The first-order chi connectivity index (χ1) is 7.33. The van der Waals surface area contributed by atoms with E-state index < -0.39 is 0 Å². The van der Waals surface area contributed by atoms with Crippen molar-refractivity contribution in [3.8, 4) is 0 Å². The Kier molecular flexibility index (Phi) is 1.74. The summed E-state index contributed by atoms with van der Waals surface area (Å²) in [4.78, 5) is 8.67. The van der Waals surface area contributed by atoms with Crippen LogP contribution in [0.1, 0.15) is 11.5 Å². The molecule has 1 aromatic carbocycles. The van der Waals surface area contributed by atoms with Crippen LogP contribution in [-0.4, -0.2) is 23.9 Å². The molecule has 0 atom stereocenters. The third-order valence-electron chi connectivity index (χ3n) is 2.42. The number of rotatable bonds is 1. The number of aliphatic imine (C=N–C) groups is 1. The van der Waals surface area contributed by atoms with Crippen LogP contribution in [0.5, 0.6) is 0 Å². The lowest BCUT2D eigenvalue weighted by Crippen LogP contribution is -2.19. The lowest BCUT2D eigenvalue weighted by atomic mass is 10.2. The molecule has 2 aromatic rings. The van der Waals surface area contributed by atoms with Gasteiger partial charge in [0.1, 0.15) is 5.52 Å². The molecule has 1 N–H and O–H groups in total. The van der Waals surface area contributed by atoms with Crippen LogP contribution in [0.3, 0.4) is 0 Å². The van der Waals surface area contributed by atoms with Crippen molar-refractivity contribution in [1.82, 2.24) is 10.3 Å². The number of nitrogens with one attached hydrogen (secondary N) is 1. The molecule has 0 fully saturated rings. The molecule has 1 aromatic heterocycles. The first kappa shape index (κ1) is 8.47. The molecule has 0 amide bonds. The van der Waals surface area contributed by atoms with Gasteiger partial charge in [0.25, 0.3) is 5.89 Å². The summed E-state index contributed by atoms with van der Waals surface area (Å²) < 4.78 is 5.60. The fourth-order valence-electron chi connectivity index (χ4n) is 1.68. The number of amidine groups is 1. The maximum atomic E-state index is 5.60. The van der Waals surface area contributed by atoms with Gasteiger partial charge in [0.05, 0.1) is 6.54 Å². The third kappa shape index (κ3) is 1.38. The number of aryl methyl sites for hydroxylation is 1. The Morgan fingerprint density at radius 1 is 1.40 bits per heavy atom. The average Bonchev–Trinajstić information content (AvgIpc) is 2.84. The van der Waals surface area contributed by atoms with Crippen LogP contribution in [0.25, 0.3) is 11.1 Å². The largest absolute Gasteiger partial charge is 0.434 e. The van der Waals surface area contributed by atoms with Gasteiger partial charge in [-0.2, -0.15) is 0 Å². The zero-order chi connectivity index (χ0) is 10.3. The Morgan fingerprint density at radius 2 is 2.33 bits per heavy atom. The fraction of sp³-hybridized carbons (Fsp3) is 0.273. The molecular formula is C11H11N3O. The SMILES string of the molecule is Cc1ccc2oc(C3=NCCN3)nc2c1. The van der Waals surface area contributed by atoms with Crippen LogP contribution < -0.4 is 5.32 Å². The van der Waals surface area contributed by atoms with Crippen molar-refractivity contribution in [3.63, 3.8) is 0 Å². The second-order valence-corrected chi connectivity index (χ2v) is 3.65. The van der Waals surface area contributed by atoms with Crippen molar-refractivity contribution in [3.05, 3.63) is 29.7 Å². The Hall–Kier alpha value is -1.84. The first-order valence-electron chi connectivity index (χ1n) is 4.99. The highest BCUT2D eigenvalue weighted by Crippen LogP contribution is 2.17.